The topological polar surface area (TPSA) is 154 Å². The fraction of sp³-hybridized carbons (Fsp3) is 0.686. The van der Waals surface area contributed by atoms with Gasteiger partial charge in [-0.15, -0.1) is 0 Å². The number of rotatable bonds is 21. The number of carboxylic acid groups (broad SMARTS) is 1. The van der Waals surface area contributed by atoms with E-state index in [0.717, 1.165) is 56.2 Å². The zero-order chi connectivity index (χ0) is 31.2. The molecule has 0 amide bonds. The van der Waals surface area contributed by atoms with Gasteiger partial charge in [0, 0.05) is 22.9 Å². The number of aromatic amines is 1. The summed E-state index contributed by atoms with van der Waals surface area (Å²) in [5, 5.41) is 63.4. The molecule has 6 unspecified atom stereocenters. The summed E-state index contributed by atoms with van der Waals surface area (Å²) in [4.78, 5) is 15.2. The Labute approximate surface area is 257 Å². The average molecular weight is 602 g/mol. The fourth-order valence-electron chi connectivity index (χ4n) is 6.79. The SMILES string of the molecule is CCCCCCCC(O)CCCCCCC(C(=O)O)C(O)CCC1(O)CCCC1C(O)c1ccc(-c2cccc(O)c2)[nH]1. The maximum absolute atomic E-state index is 12.0. The summed E-state index contributed by atoms with van der Waals surface area (Å²) >= 11 is 0. The van der Waals surface area contributed by atoms with Crippen LogP contribution in [-0.4, -0.2) is 59.4 Å². The molecular weight excluding hydrogens is 546 g/mol. The first-order valence-corrected chi connectivity index (χ1v) is 16.6. The van der Waals surface area contributed by atoms with Gasteiger partial charge in [0.15, 0.2) is 0 Å². The van der Waals surface area contributed by atoms with E-state index in [4.69, 9.17) is 0 Å². The highest BCUT2D eigenvalue weighted by Gasteiger charge is 2.46. The molecule has 0 bridgehead atoms. The third-order valence-electron chi connectivity index (χ3n) is 9.48. The van der Waals surface area contributed by atoms with Gasteiger partial charge < -0.3 is 35.6 Å². The largest absolute Gasteiger partial charge is 0.508 e. The summed E-state index contributed by atoms with van der Waals surface area (Å²) in [6, 6.07) is 10.4. The van der Waals surface area contributed by atoms with Gasteiger partial charge in [-0.1, -0.05) is 83.3 Å². The second kappa shape index (κ2) is 17.8. The third kappa shape index (κ3) is 10.9. The number of aliphatic carboxylic acids is 1. The van der Waals surface area contributed by atoms with E-state index in [-0.39, 0.29) is 24.7 Å². The molecule has 0 aliphatic heterocycles. The van der Waals surface area contributed by atoms with Crippen molar-refractivity contribution < 1.29 is 35.4 Å². The van der Waals surface area contributed by atoms with Crippen molar-refractivity contribution in [2.45, 2.75) is 140 Å². The molecule has 3 rings (SSSR count). The highest BCUT2D eigenvalue weighted by Crippen LogP contribution is 2.46. The molecule has 1 aromatic carbocycles. The van der Waals surface area contributed by atoms with Crippen LogP contribution in [-0.2, 0) is 4.79 Å². The van der Waals surface area contributed by atoms with Crippen LogP contribution in [0.15, 0.2) is 36.4 Å². The highest BCUT2D eigenvalue weighted by molar-refractivity contribution is 5.70. The first kappa shape index (κ1) is 35.1. The van der Waals surface area contributed by atoms with Crippen LogP contribution in [0.2, 0.25) is 0 Å². The predicted molar refractivity (Wildman–Crippen MR) is 169 cm³/mol. The van der Waals surface area contributed by atoms with Gasteiger partial charge in [0.2, 0.25) is 0 Å². The third-order valence-corrected chi connectivity index (χ3v) is 9.48. The maximum Gasteiger partial charge on any atom is 0.309 e. The molecule has 2 aromatic rings. The van der Waals surface area contributed by atoms with E-state index in [0.29, 0.717) is 31.4 Å². The Morgan fingerprint density at radius 1 is 0.930 bits per heavy atom. The van der Waals surface area contributed by atoms with E-state index in [1.807, 2.05) is 12.1 Å². The Balaban J connectivity index is 1.42. The molecule has 1 aromatic heterocycles. The summed E-state index contributed by atoms with van der Waals surface area (Å²) in [7, 11) is 0. The van der Waals surface area contributed by atoms with Crippen LogP contribution in [0, 0.1) is 11.8 Å². The summed E-state index contributed by atoms with van der Waals surface area (Å²) in [6.45, 7) is 2.19. The average Bonchev–Trinajstić information content (AvgIpc) is 3.63. The monoisotopic (exact) mass is 601 g/mol. The normalized spacial score (nSPS) is 21.5. The number of aliphatic hydroxyl groups excluding tert-OH is 3. The minimum Gasteiger partial charge on any atom is -0.508 e. The van der Waals surface area contributed by atoms with Crippen molar-refractivity contribution in [3.05, 3.63) is 42.1 Å². The number of benzene rings is 1. The van der Waals surface area contributed by atoms with Crippen LogP contribution in [0.1, 0.15) is 128 Å². The minimum atomic E-state index is -1.20. The van der Waals surface area contributed by atoms with Crippen molar-refractivity contribution in [3.63, 3.8) is 0 Å². The first-order chi connectivity index (χ1) is 20.6. The number of nitrogens with one attached hydrogen (secondary N) is 1. The summed E-state index contributed by atoms with van der Waals surface area (Å²) in [6.07, 6.45) is 11.3. The zero-order valence-electron chi connectivity index (χ0n) is 26.0. The number of carbonyl (C=O) groups is 1. The van der Waals surface area contributed by atoms with Gasteiger partial charge in [-0.3, -0.25) is 4.79 Å². The minimum absolute atomic E-state index is 0.149. The van der Waals surface area contributed by atoms with Crippen LogP contribution < -0.4 is 0 Å². The second-order valence-electron chi connectivity index (χ2n) is 12.8. The molecular formula is C35H55NO7. The smallest absolute Gasteiger partial charge is 0.309 e. The second-order valence-corrected chi connectivity index (χ2v) is 12.8. The molecule has 0 radical (unpaired) electrons. The van der Waals surface area contributed by atoms with E-state index < -0.39 is 35.6 Å². The number of hydrogen-bond donors (Lipinski definition) is 7. The number of aromatic nitrogens is 1. The molecule has 1 fully saturated rings. The van der Waals surface area contributed by atoms with Crippen molar-refractivity contribution in [2.75, 3.05) is 0 Å². The number of H-pyrrole nitrogens is 1. The molecule has 0 spiro atoms. The van der Waals surface area contributed by atoms with Crippen LogP contribution >= 0.6 is 0 Å². The molecule has 242 valence electrons. The Morgan fingerprint density at radius 2 is 1.60 bits per heavy atom. The number of phenolic OH excluding ortho intramolecular Hbond substituents is 1. The molecule has 8 heteroatoms. The van der Waals surface area contributed by atoms with Crippen molar-refractivity contribution >= 4 is 5.97 Å². The summed E-state index contributed by atoms with van der Waals surface area (Å²) < 4.78 is 0. The molecule has 1 heterocycles. The number of hydrogen-bond acceptors (Lipinski definition) is 6. The van der Waals surface area contributed by atoms with Gasteiger partial charge in [-0.05, 0) is 69.2 Å². The Bertz CT molecular complexity index is 1090. The standard InChI is InChI=1S/C35H55NO7/c1-2-3-4-5-8-14-26(37)15-9-6-7-10-17-28(34(41)42)32(39)21-23-35(43)22-12-18-29(35)33(40)31-20-19-30(36-31)25-13-11-16-27(38)24-25/h11,13,16,19-20,24,26,28-29,32-33,36-40,43H,2-10,12,14-15,17-18,21-23H2,1H3,(H,41,42). The first-order valence-electron chi connectivity index (χ1n) is 16.6. The lowest BCUT2D eigenvalue weighted by Crippen LogP contribution is -2.39. The van der Waals surface area contributed by atoms with E-state index in [1.54, 1.807) is 24.3 Å². The van der Waals surface area contributed by atoms with E-state index in [9.17, 15) is 35.4 Å². The Kier molecular flexibility index (Phi) is 14.5. The number of unbranched alkanes of at least 4 members (excludes halogenated alkanes) is 7. The number of carboxylic acids is 1. The lowest BCUT2D eigenvalue weighted by Gasteiger charge is -2.34. The molecule has 0 saturated heterocycles. The molecule has 8 nitrogen and oxygen atoms in total. The van der Waals surface area contributed by atoms with Crippen molar-refractivity contribution in [1.29, 1.82) is 0 Å². The molecule has 1 aliphatic rings. The molecule has 1 saturated carbocycles. The van der Waals surface area contributed by atoms with Crippen LogP contribution in [0.3, 0.4) is 0 Å². The van der Waals surface area contributed by atoms with Crippen LogP contribution in [0.5, 0.6) is 5.75 Å². The Hall–Kier alpha value is -2.39. The van der Waals surface area contributed by atoms with Crippen LogP contribution in [0.4, 0.5) is 0 Å². The number of aromatic hydroxyl groups is 1. The maximum atomic E-state index is 12.0. The van der Waals surface area contributed by atoms with Gasteiger partial charge in [0.1, 0.15) is 5.75 Å². The van der Waals surface area contributed by atoms with E-state index in [2.05, 4.69) is 11.9 Å². The Morgan fingerprint density at radius 3 is 2.26 bits per heavy atom. The molecule has 6 atom stereocenters. The molecule has 43 heavy (non-hydrogen) atoms. The van der Waals surface area contributed by atoms with Gasteiger partial charge >= 0.3 is 5.97 Å². The fourth-order valence-corrected chi connectivity index (χ4v) is 6.79. The van der Waals surface area contributed by atoms with Crippen LogP contribution in [0.25, 0.3) is 11.3 Å². The van der Waals surface area contributed by atoms with Gasteiger partial charge in [-0.25, -0.2) is 0 Å². The number of aliphatic hydroxyl groups is 4. The number of phenols is 1. The van der Waals surface area contributed by atoms with Gasteiger partial charge in [0.05, 0.1) is 29.8 Å². The van der Waals surface area contributed by atoms with Crippen molar-refractivity contribution in [1.82, 2.24) is 4.98 Å². The quantitative estimate of drug-likeness (QED) is 0.0772. The van der Waals surface area contributed by atoms with Crippen molar-refractivity contribution in [2.24, 2.45) is 11.8 Å². The predicted octanol–water partition coefficient (Wildman–Crippen LogP) is 6.86. The van der Waals surface area contributed by atoms with Crippen molar-refractivity contribution in [3.8, 4) is 17.0 Å². The van der Waals surface area contributed by atoms with E-state index >= 15 is 0 Å². The lowest BCUT2D eigenvalue weighted by atomic mass is 9.80. The van der Waals surface area contributed by atoms with Gasteiger partial charge in [0.25, 0.3) is 0 Å². The summed E-state index contributed by atoms with van der Waals surface area (Å²) in [5.74, 6) is -2.20. The highest BCUT2D eigenvalue weighted by atomic mass is 16.4. The molecule has 7 N–H and O–H groups in total. The van der Waals surface area contributed by atoms with E-state index in [1.165, 1.54) is 25.7 Å². The van der Waals surface area contributed by atoms with Gasteiger partial charge in [-0.2, -0.15) is 0 Å². The zero-order valence-corrected chi connectivity index (χ0v) is 26.0. The summed E-state index contributed by atoms with van der Waals surface area (Å²) in [5.41, 5.74) is 0.914. The molecule has 1 aliphatic carbocycles. The lowest BCUT2D eigenvalue weighted by molar-refractivity contribution is -0.147.